The van der Waals surface area contributed by atoms with E-state index in [1.165, 1.54) is 0 Å². The highest BCUT2D eigenvalue weighted by Gasteiger charge is 2.26. The molecule has 3 rings (SSSR count). The monoisotopic (exact) mass is 383 g/mol. The summed E-state index contributed by atoms with van der Waals surface area (Å²) >= 11 is 0. The number of rotatable bonds is 7. The van der Waals surface area contributed by atoms with Gasteiger partial charge in [0, 0.05) is 38.5 Å². The smallest absolute Gasteiger partial charge is 0.256 e. The number of likely N-dealkylation sites (tertiary alicyclic amines) is 1. The fraction of sp³-hybridized carbons (Fsp3) is 0.476. The third-order valence-electron chi connectivity index (χ3n) is 5.21. The highest BCUT2D eigenvalue weighted by Crippen LogP contribution is 2.26. The van der Waals surface area contributed by atoms with Crippen molar-refractivity contribution in [2.45, 2.75) is 18.9 Å². The van der Waals surface area contributed by atoms with Gasteiger partial charge in [-0.1, -0.05) is 30.3 Å². The van der Waals surface area contributed by atoms with Crippen molar-refractivity contribution in [1.29, 1.82) is 0 Å². The summed E-state index contributed by atoms with van der Waals surface area (Å²) in [5.41, 5.74) is 1.43. The number of amides is 1. The van der Waals surface area contributed by atoms with E-state index in [0.29, 0.717) is 36.4 Å². The van der Waals surface area contributed by atoms with Gasteiger partial charge in [0.1, 0.15) is 11.4 Å². The van der Waals surface area contributed by atoms with Crippen LogP contribution in [0.2, 0.25) is 0 Å². The van der Waals surface area contributed by atoms with Crippen LogP contribution in [-0.4, -0.2) is 74.3 Å². The van der Waals surface area contributed by atoms with Crippen LogP contribution in [0.3, 0.4) is 0 Å². The van der Waals surface area contributed by atoms with Crippen molar-refractivity contribution in [3.8, 4) is 11.4 Å². The molecule has 1 aromatic carbocycles. The summed E-state index contributed by atoms with van der Waals surface area (Å²) in [4.78, 5) is 26.5. The summed E-state index contributed by atoms with van der Waals surface area (Å²) in [6.45, 7) is 3.00. The average Bonchev–Trinajstić information content (AvgIpc) is 2.74. The number of methoxy groups -OCH3 is 1. The Balaban J connectivity index is 1.91. The predicted molar refractivity (Wildman–Crippen MR) is 111 cm³/mol. The maximum Gasteiger partial charge on any atom is 0.256 e. The summed E-state index contributed by atoms with van der Waals surface area (Å²) in [5.74, 6) is 1.13. The average molecular weight is 383 g/mol. The first-order chi connectivity index (χ1) is 13.6. The van der Waals surface area contributed by atoms with E-state index in [4.69, 9.17) is 9.72 Å². The second-order valence-corrected chi connectivity index (χ2v) is 7.19. The molecule has 1 fully saturated rings. The summed E-state index contributed by atoms with van der Waals surface area (Å²) < 4.78 is 5.03. The molecule has 2 heterocycles. The second-order valence-electron chi connectivity index (χ2n) is 7.19. The van der Waals surface area contributed by atoms with Crippen molar-refractivity contribution in [2.75, 3.05) is 52.3 Å². The molecule has 1 saturated heterocycles. The Labute approximate surface area is 166 Å². The van der Waals surface area contributed by atoms with Crippen LogP contribution < -0.4 is 10.2 Å². The van der Waals surface area contributed by atoms with Crippen LogP contribution in [-0.2, 0) is 4.74 Å². The van der Waals surface area contributed by atoms with Gasteiger partial charge in [-0.25, -0.2) is 9.97 Å². The molecule has 1 aliphatic rings. The number of hydrogen-bond acceptors (Lipinski definition) is 6. The fourth-order valence-corrected chi connectivity index (χ4v) is 3.45. The molecule has 2 aromatic rings. The van der Waals surface area contributed by atoms with Gasteiger partial charge in [0.25, 0.3) is 5.91 Å². The molecule has 1 aliphatic heterocycles. The number of ether oxygens (including phenoxy) is 1. The molecule has 0 saturated carbocycles. The number of aromatic nitrogens is 2. The van der Waals surface area contributed by atoms with E-state index >= 15 is 0 Å². The number of nitrogens with one attached hydrogen (secondary N) is 1. The second kappa shape index (κ2) is 9.61. The van der Waals surface area contributed by atoms with Gasteiger partial charge in [-0.15, -0.1) is 0 Å². The largest absolute Gasteiger partial charge is 0.383 e. The van der Waals surface area contributed by atoms with Crippen LogP contribution in [0.1, 0.15) is 23.2 Å². The van der Waals surface area contributed by atoms with Crippen molar-refractivity contribution in [3.63, 3.8) is 0 Å². The van der Waals surface area contributed by atoms with Crippen molar-refractivity contribution >= 4 is 11.7 Å². The van der Waals surface area contributed by atoms with E-state index < -0.39 is 0 Å². The first-order valence-corrected chi connectivity index (χ1v) is 9.71. The molecule has 0 aliphatic carbocycles. The molecule has 1 N–H and O–H groups in total. The molecule has 7 heteroatoms. The summed E-state index contributed by atoms with van der Waals surface area (Å²) in [5, 5.41) is 2.89. The van der Waals surface area contributed by atoms with Crippen LogP contribution in [0.5, 0.6) is 0 Å². The number of anilines is 1. The zero-order chi connectivity index (χ0) is 19.9. The molecule has 0 radical (unpaired) electrons. The lowest BCUT2D eigenvalue weighted by atomic mass is 10.0. The molecule has 28 heavy (non-hydrogen) atoms. The Morgan fingerprint density at radius 3 is 2.68 bits per heavy atom. The first-order valence-electron chi connectivity index (χ1n) is 9.71. The van der Waals surface area contributed by atoms with Crippen LogP contribution in [0.25, 0.3) is 11.4 Å². The van der Waals surface area contributed by atoms with Crippen molar-refractivity contribution < 1.29 is 9.53 Å². The van der Waals surface area contributed by atoms with Crippen LogP contribution in [0.4, 0.5) is 5.82 Å². The summed E-state index contributed by atoms with van der Waals surface area (Å²) in [6, 6.07) is 10.2. The topological polar surface area (TPSA) is 70.6 Å². The Kier molecular flexibility index (Phi) is 6.95. The lowest BCUT2D eigenvalue weighted by Crippen LogP contribution is -2.43. The lowest BCUT2D eigenvalue weighted by Gasteiger charge is -2.36. The van der Waals surface area contributed by atoms with Crippen molar-refractivity contribution in [3.05, 3.63) is 42.1 Å². The quantitative estimate of drug-likeness (QED) is 0.738. The van der Waals surface area contributed by atoms with Gasteiger partial charge < -0.3 is 19.9 Å². The molecule has 0 bridgehead atoms. The van der Waals surface area contributed by atoms with Crippen LogP contribution in [0, 0.1) is 0 Å². The van der Waals surface area contributed by atoms with E-state index in [0.717, 1.165) is 31.5 Å². The normalized spacial score (nSPS) is 15.4. The first kappa shape index (κ1) is 20.2. The zero-order valence-corrected chi connectivity index (χ0v) is 16.9. The van der Waals surface area contributed by atoms with E-state index in [-0.39, 0.29) is 5.91 Å². The number of carbonyl (C=O) groups is 1. The SMILES string of the molecule is COCCNC(=O)c1cnc(-c2ccccc2)nc1N(C)C1CCN(C)CC1. The summed E-state index contributed by atoms with van der Waals surface area (Å²) in [7, 11) is 5.78. The minimum Gasteiger partial charge on any atom is -0.383 e. The van der Waals surface area contributed by atoms with Gasteiger partial charge in [0.2, 0.25) is 0 Å². The molecule has 0 atom stereocenters. The van der Waals surface area contributed by atoms with E-state index in [1.807, 2.05) is 37.4 Å². The van der Waals surface area contributed by atoms with E-state index in [9.17, 15) is 4.79 Å². The molecular formula is C21H29N5O2. The van der Waals surface area contributed by atoms with Crippen molar-refractivity contribution in [1.82, 2.24) is 20.2 Å². The van der Waals surface area contributed by atoms with Gasteiger partial charge in [0.15, 0.2) is 5.82 Å². The Hall–Kier alpha value is -2.51. The highest BCUT2D eigenvalue weighted by atomic mass is 16.5. The van der Waals surface area contributed by atoms with Crippen molar-refractivity contribution in [2.24, 2.45) is 0 Å². The maximum atomic E-state index is 12.7. The molecular weight excluding hydrogens is 354 g/mol. The van der Waals surface area contributed by atoms with Gasteiger partial charge >= 0.3 is 0 Å². The number of hydrogen-bond donors (Lipinski definition) is 1. The number of benzene rings is 1. The molecule has 150 valence electrons. The molecule has 0 spiro atoms. The van der Waals surface area contributed by atoms with Gasteiger partial charge in [-0.05, 0) is 33.0 Å². The molecule has 7 nitrogen and oxygen atoms in total. The Morgan fingerprint density at radius 1 is 1.29 bits per heavy atom. The third-order valence-corrected chi connectivity index (χ3v) is 5.21. The summed E-state index contributed by atoms with van der Waals surface area (Å²) in [6.07, 6.45) is 3.73. The third kappa shape index (κ3) is 4.85. The van der Waals surface area contributed by atoms with Crippen LogP contribution >= 0.6 is 0 Å². The molecule has 0 unspecified atom stereocenters. The highest BCUT2D eigenvalue weighted by molar-refractivity contribution is 5.98. The van der Waals surface area contributed by atoms with Gasteiger partial charge in [0.05, 0.1) is 6.61 Å². The number of piperidine rings is 1. The van der Waals surface area contributed by atoms with Crippen LogP contribution in [0.15, 0.2) is 36.5 Å². The fourth-order valence-electron chi connectivity index (χ4n) is 3.45. The van der Waals surface area contributed by atoms with E-state index in [2.05, 4.69) is 27.1 Å². The minimum absolute atomic E-state index is 0.175. The lowest BCUT2D eigenvalue weighted by molar-refractivity contribution is 0.0936. The zero-order valence-electron chi connectivity index (χ0n) is 16.9. The number of carbonyl (C=O) groups excluding carboxylic acids is 1. The standard InChI is InChI=1S/C21H29N5O2/c1-25-12-9-17(10-13-25)26(2)20-18(21(27)22-11-14-28-3)15-23-19(24-20)16-7-5-4-6-8-16/h4-8,15,17H,9-14H2,1-3H3,(H,22,27). The van der Waals surface area contributed by atoms with E-state index in [1.54, 1.807) is 13.3 Å². The predicted octanol–water partition coefficient (Wildman–Crippen LogP) is 2.05. The Morgan fingerprint density at radius 2 is 2.00 bits per heavy atom. The van der Waals surface area contributed by atoms with Gasteiger partial charge in [-0.2, -0.15) is 0 Å². The number of nitrogens with zero attached hydrogens (tertiary/aromatic N) is 4. The molecule has 1 aromatic heterocycles. The maximum absolute atomic E-state index is 12.7. The molecule has 1 amide bonds. The minimum atomic E-state index is -0.175. The van der Waals surface area contributed by atoms with Gasteiger partial charge in [-0.3, -0.25) is 4.79 Å². The Bertz CT molecular complexity index is 776.